The SMILES string of the molecule is CN1CCC[C@H](C(C)(C)C(N)=O)C1. The lowest BCUT2D eigenvalue weighted by Crippen LogP contribution is -2.45. The third-order valence-electron chi connectivity index (χ3n) is 3.28. The molecule has 1 fully saturated rings. The first kappa shape index (κ1) is 10.5. The van der Waals surface area contributed by atoms with E-state index in [1.807, 2.05) is 13.8 Å². The molecule has 3 nitrogen and oxygen atoms in total. The van der Waals surface area contributed by atoms with Gasteiger partial charge in [-0.15, -0.1) is 0 Å². The fourth-order valence-electron chi connectivity index (χ4n) is 1.96. The zero-order valence-electron chi connectivity index (χ0n) is 8.84. The second-order valence-corrected chi connectivity index (χ2v) is 4.69. The predicted molar refractivity (Wildman–Crippen MR) is 53.2 cm³/mol. The number of piperidine rings is 1. The average molecular weight is 184 g/mol. The molecule has 1 heterocycles. The minimum absolute atomic E-state index is 0.173. The van der Waals surface area contributed by atoms with Gasteiger partial charge in [-0.2, -0.15) is 0 Å². The number of amides is 1. The first-order valence-corrected chi connectivity index (χ1v) is 4.93. The second kappa shape index (κ2) is 3.66. The number of nitrogens with zero attached hydrogens (tertiary/aromatic N) is 1. The molecular formula is C10H20N2O. The van der Waals surface area contributed by atoms with E-state index in [1.165, 1.54) is 6.42 Å². The molecule has 0 radical (unpaired) electrons. The van der Waals surface area contributed by atoms with Crippen molar-refractivity contribution < 1.29 is 4.79 Å². The minimum atomic E-state index is -0.352. The van der Waals surface area contributed by atoms with Crippen LogP contribution in [0.1, 0.15) is 26.7 Å². The first-order chi connectivity index (χ1) is 5.94. The van der Waals surface area contributed by atoms with Crippen LogP contribution in [0.5, 0.6) is 0 Å². The zero-order chi connectivity index (χ0) is 10.1. The van der Waals surface area contributed by atoms with E-state index in [1.54, 1.807) is 0 Å². The van der Waals surface area contributed by atoms with Crippen LogP contribution in [-0.2, 0) is 4.79 Å². The van der Waals surface area contributed by atoms with Gasteiger partial charge >= 0.3 is 0 Å². The third-order valence-corrected chi connectivity index (χ3v) is 3.28. The van der Waals surface area contributed by atoms with Crippen LogP contribution in [0.15, 0.2) is 0 Å². The molecule has 0 spiro atoms. The van der Waals surface area contributed by atoms with E-state index in [-0.39, 0.29) is 11.3 Å². The molecule has 1 amide bonds. The maximum atomic E-state index is 11.2. The van der Waals surface area contributed by atoms with Gasteiger partial charge in [-0.1, -0.05) is 13.8 Å². The monoisotopic (exact) mass is 184 g/mol. The van der Waals surface area contributed by atoms with E-state index in [4.69, 9.17) is 5.73 Å². The Morgan fingerprint density at radius 1 is 1.54 bits per heavy atom. The number of likely N-dealkylation sites (tertiary alicyclic amines) is 1. The largest absolute Gasteiger partial charge is 0.369 e. The number of nitrogens with two attached hydrogens (primary N) is 1. The van der Waals surface area contributed by atoms with Crippen LogP contribution in [-0.4, -0.2) is 30.9 Å². The molecule has 1 aliphatic rings. The fraction of sp³-hybridized carbons (Fsp3) is 0.900. The van der Waals surface area contributed by atoms with Crippen LogP contribution in [0.3, 0.4) is 0 Å². The molecule has 0 unspecified atom stereocenters. The van der Waals surface area contributed by atoms with Crippen molar-refractivity contribution in [1.29, 1.82) is 0 Å². The standard InChI is InChI=1S/C10H20N2O/c1-10(2,9(11)13)8-5-4-6-12(3)7-8/h8H,4-7H2,1-3H3,(H2,11,13)/t8-/m0/s1. The second-order valence-electron chi connectivity index (χ2n) is 4.69. The quantitative estimate of drug-likeness (QED) is 0.691. The number of carbonyl (C=O) groups is 1. The number of carbonyl (C=O) groups excluding carboxylic acids is 1. The van der Waals surface area contributed by atoms with Gasteiger partial charge < -0.3 is 10.6 Å². The molecule has 2 N–H and O–H groups in total. The maximum absolute atomic E-state index is 11.2. The third kappa shape index (κ3) is 2.21. The Morgan fingerprint density at radius 3 is 2.62 bits per heavy atom. The lowest BCUT2D eigenvalue weighted by molar-refractivity contribution is -0.129. The van der Waals surface area contributed by atoms with Crippen LogP contribution in [0.2, 0.25) is 0 Å². The molecule has 0 aromatic heterocycles. The summed E-state index contributed by atoms with van der Waals surface area (Å²) in [4.78, 5) is 13.5. The van der Waals surface area contributed by atoms with E-state index in [2.05, 4.69) is 11.9 Å². The molecule has 1 rings (SSSR count). The van der Waals surface area contributed by atoms with Gasteiger partial charge in [-0.05, 0) is 32.4 Å². The summed E-state index contributed by atoms with van der Waals surface area (Å²) in [5.74, 6) is 0.247. The Morgan fingerprint density at radius 2 is 2.15 bits per heavy atom. The van der Waals surface area contributed by atoms with Gasteiger partial charge in [0.25, 0.3) is 0 Å². The van der Waals surface area contributed by atoms with Crippen molar-refractivity contribution in [1.82, 2.24) is 4.90 Å². The van der Waals surface area contributed by atoms with Crippen LogP contribution in [0, 0.1) is 11.3 Å². The number of rotatable bonds is 2. The number of hydrogen-bond donors (Lipinski definition) is 1. The molecule has 13 heavy (non-hydrogen) atoms. The lowest BCUT2D eigenvalue weighted by atomic mass is 9.74. The van der Waals surface area contributed by atoms with E-state index in [9.17, 15) is 4.79 Å². The van der Waals surface area contributed by atoms with E-state index in [0.29, 0.717) is 5.92 Å². The Balaban J connectivity index is 2.64. The summed E-state index contributed by atoms with van der Waals surface area (Å²) in [6.07, 6.45) is 2.30. The highest BCUT2D eigenvalue weighted by atomic mass is 16.1. The summed E-state index contributed by atoms with van der Waals surface area (Å²) in [6.45, 7) is 6.06. The highest BCUT2D eigenvalue weighted by Gasteiger charge is 2.36. The molecule has 0 aromatic rings. The number of hydrogen-bond acceptors (Lipinski definition) is 2. The molecule has 0 aliphatic carbocycles. The molecule has 76 valence electrons. The molecule has 0 aromatic carbocycles. The van der Waals surface area contributed by atoms with Crippen molar-refractivity contribution in [2.24, 2.45) is 17.1 Å². The van der Waals surface area contributed by atoms with Gasteiger partial charge in [0.1, 0.15) is 0 Å². The fourth-order valence-corrected chi connectivity index (χ4v) is 1.96. The van der Waals surface area contributed by atoms with Gasteiger partial charge in [-0.3, -0.25) is 4.79 Å². The van der Waals surface area contributed by atoms with E-state index in [0.717, 1.165) is 19.5 Å². The van der Waals surface area contributed by atoms with E-state index >= 15 is 0 Å². The van der Waals surface area contributed by atoms with Gasteiger partial charge in [-0.25, -0.2) is 0 Å². The summed E-state index contributed by atoms with van der Waals surface area (Å²) in [6, 6.07) is 0. The van der Waals surface area contributed by atoms with Gasteiger partial charge in [0.2, 0.25) is 5.91 Å². The molecule has 0 saturated carbocycles. The van der Waals surface area contributed by atoms with Crippen molar-refractivity contribution in [3.63, 3.8) is 0 Å². The van der Waals surface area contributed by atoms with Crippen LogP contribution in [0.4, 0.5) is 0 Å². The van der Waals surface area contributed by atoms with Gasteiger partial charge in [0.05, 0.1) is 0 Å². The Hall–Kier alpha value is -0.570. The van der Waals surface area contributed by atoms with Gasteiger partial charge in [0, 0.05) is 12.0 Å². The smallest absolute Gasteiger partial charge is 0.223 e. The zero-order valence-corrected chi connectivity index (χ0v) is 8.84. The minimum Gasteiger partial charge on any atom is -0.369 e. The Kier molecular flexibility index (Phi) is 2.96. The topological polar surface area (TPSA) is 46.3 Å². The molecule has 1 aliphatic heterocycles. The first-order valence-electron chi connectivity index (χ1n) is 4.93. The lowest BCUT2D eigenvalue weighted by Gasteiger charge is -2.38. The van der Waals surface area contributed by atoms with E-state index < -0.39 is 0 Å². The number of primary amides is 1. The molecule has 1 saturated heterocycles. The molecular weight excluding hydrogens is 164 g/mol. The summed E-state index contributed by atoms with van der Waals surface area (Å²) >= 11 is 0. The summed E-state index contributed by atoms with van der Waals surface area (Å²) < 4.78 is 0. The Labute approximate surface area is 80.3 Å². The summed E-state index contributed by atoms with van der Waals surface area (Å²) in [5, 5.41) is 0. The predicted octanol–water partition coefficient (Wildman–Crippen LogP) is 0.840. The van der Waals surface area contributed by atoms with Crippen molar-refractivity contribution in [2.45, 2.75) is 26.7 Å². The molecule has 1 atom stereocenters. The summed E-state index contributed by atoms with van der Waals surface area (Å²) in [5.41, 5.74) is 5.04. The van der Waals surface area contributed by atoms with Crippen LogP contribution in [0.25, 0.3) is 0 Å². The maximum Gasteiger partial charge on any atom is 0.223 e. The Bertz CT molecular complexity index is 201. The van der Waals surface area contributed by atoms with Crippen LogP contribution >= 0.6 is 0 Å². The summed E-state index contributed by atoms with van der Waals surface area (Å²) in [7, 11) is 2.10. The normalized spacial score (nSPS) is 25.9. The van der Waals surface area contributed by atoms with Crippen molar-refractivity contribution in [3.05, 3.63) is 0 Å². The average Bonchev–Trinajstić information content (AvgIpc) is 2.04. The molecule has 0 bridgehead atoms. The van der Waals surface area contributed by atoms with Crippen LogP contribution < -0.4 is 5.73 Å². The van der Waals surface area contributed by atoms with Crippen molar-refractivity contribution in [3.8, 4) is 0 Å². The van der Waals surface area contributed by atoms with Gasteiger partial charge in [0.15, 0.2) is 0 Å². The van der Waals surface area contributed by atoms with Crippen molar-refractivity contribution >= 4 is 5.91 Å². The highest BCUT2D eigenvalue weighted by Crippen LogP contribution is 2.32. The molecule has 3 heteroatoms. The van der Waals surface area contributed by atoms with Crippen molar-refractivity contribution in [2.75, 3.05) is 20.1 Å². The highest BCUT2D eigenvalue weighted by molar-refractivity contribution is 5.80.